The molecule has 0 aromatic carbocycles. The standard InChI is InChI=1S/C17H19F3N4O2/c1-3-5-14(25)22-6-7-24-13(10-22)16(26)23(4-2)12-8-11(17(18,19)20)9-21-15(12)24/h4,8-9,13H,2-3,5-7,10H2,1H3/t13-/m0/s1. The molecule has 2 aliphatic rings. The van der Waals surface area contributed by atoms with Gasteiger partial charge in [0, 0.05) is 31.9 Å². The largest absolute Gasteiger partial charge is 0.417 e. The average molecular weight is 368 g/mol. The van der Waals surface area contributed by atoms with Crippen LogP contribution in [0.25, 0.3) is 0 Å². The van der Waals surface area contributed by atoms with Gasteiger partial charge in [-0.2, -0.15) is 13.2 Å². The fraction of sp³-hybridized carbons (Fsp3) is 0.471. The van der Waals surface area contributed by atoms with Crippen LogP contribution in [0.1, 0.15) is 25.3 Å². The maximum absolute atomic E-state index is 13.0. The van der Waals surface area contributed by atoms with Gasteiger partial charge in [-0.15, -0.1) is 0 Å². The lowest BCUT2D eigenvalue weighted by molar-refractivity contribution is -0.138. The fourth-order valence-electron chi connectivity index (χ4n) is 3.31. The fourth-order valence-corrected chi connectivity index (χ4v) is 3.31. The lowest BCUT2D eigenvalue weighted by atomic mass is 10.0. The van der Waals surface area contributed by atoms with Gasteiger partial charge in [-0.1, -0.05) is 13.5 Å². The van der Waals surface area contributed by atoms with E-state index in [1.54, 1.807) is 9.80 Å². The maximum Gasteiger partial charge on any atom is 0.417 e. The molecule has 0 unspecified atom stereocenters. The zero-order valence-corrected chi connectivity index (χ0v) is 14.3. The molecule has 1 atom stereocenters. The predicted molar refractivity (Wildman–Crippen MR) is 89.5 cm³/mol. The highest BCUT2D eigenvalue weighted by Crippen LogP contribution is 2.40. The van der Waals surface area contributed by atoms with E-state index in [4.69, 9.17) is 0 Å². The van der Waals surface area contributed by atoms with Gasteiger partial charge < -0.3 is 9.80 Å². The van der Waals surface area contributed by atoms with Crippen molar-refractivity contribution >= 4 is 23.3 Å². The summed E-state index contributed by atoms with van der Waals surface area (Å²) in [6.07, 6.45) is -1.49. The van der Waals surface area contributed by atoms with Crippen LogP contribution in [0.2, 0.25) is 0 Å². The van der Waals surface area contributed by atoms with Crippen LogP contribution in [-0.4, -0.2) is 47.4 Å². The summed E-state index contributed by atoms with van der Waals surface area (Å²) in [5.74, 6) is -0.149. The van der Waals surface area contributed by atoms with Gasteiger partial charge in [0.15, 0.2) is 5.82 Å². The van der Waals surface area contributed by atoms with Crippen LogP contribution in [0.15, 0.2) is 25.0 Å². The number of alkyl halides is 3. The van der Waals surface area contributed by atoms with E-state index in [-0.39, 0.29) is 18.1 Å². The first kappa shape index (κ1) is 18.2. The van der Waals surface area contributed by atoms with E-state index in [0.29, 0.717) is 31.7 Å². The monoisotopic (exact) mass is 368 g/mol. The van der Waals surface area contributed by atoms with Gasteiger partial charge in [-0.25, -0.2) is 4.98 Å². The predicted octanol–water partition coefficient (Wildman–Crippen LogP) is 2.41. The van der Waals surface area contributed by atoms with Crippen molar-refractivity contribution < 1.29 is 22.8 Å². The Bertz CT molecular complexity index is 750. The summed E-state index contributed by atoms with van der Waals surface area (Å²) in [6, 6.07) is 0.228. The molecule has 2 aliphatic heterocycles. The Labute approximate surface area is 148 Å². The van der Waals surface area contributed by atoms with Crippen LogP contribution in [0.3, 0.4) is 0 Å². The molecule has 3 heterocycles. The second-order valence-corrected chi connectivity index (χ2v) is 6.25. The van der Waals surface area contributed by atoms with Crippen LogP contribution >= 0.6 is 0 Å². The van der Waals surface area contributed by atoms with Gasteiger partial charge in [0.05, 0.1) is 17.8 Å². The molecular formula is C17H19F3N4O2. The van der Waals surface area contributed by atoms with Gasteiger partial charge in [0.2, 0.25) is 5.91 Å². The van der Waals surface area contributed by atoms with Crippen LogP contribution in [-0.2, 0) is 15.8 Å². The molecule has 9 heteroatoms. The van der Waals surface area contributed by atoms with E-state index < -0.39 is 23.7 Å². The first-order valence-electron chi connectivity index (χ1n) is 8.35. The molecule has 3 rings (SSSR count). The molecule has 1 fully saturated rings. The van der Waals surface area contributed by atoms with Crippen LogP contribution < -0.4 is 9.80 Å². The molecule has 0 spiro atoms. The Morgan fingerprint density at radius 3 is 2.77 bits per heavy atom. The SMILES string of the molecule is C=CN1C(=O)[C@@H]2CN(C(=O)CCC)CCN2c2ncc(C(F)(F)F)cc21. The third kappa shape index (κ3) is 3.02. The Balaban J connectivity index is 1.97. The molecular weight excluding hydrogens is 349 g/mol. The van der Waals surface area contributed by atoms with Crippen LogP contribution in [0.4, 0.5) is 24.7 Å². The zero-order chi connectivity index (χ0) is 19.1. The highest BCUT2D eigenvalue weighted by molar-refractivity contribution is 6.06. The lowest BCUT2D eigenvalue weighted by Gasteiger charge is -2.46. The second kappa shape index (κ2) is 6.62. The summed E-state index contributed by atoms with van der Waals surface area (Å²) in [7, 11) is 0. The molecule has 0 aliphatic carbocycles. The number of aromatic nitrogens is 1. The van der Waals surface area contributed by atoms with Gasteiger partial charge in [0.1, 0.15) is 6.04 Å². The Kier molecular flexibility index (Phi) is 4.64. The molecule has 1 aromatic heterocycles. The number of halogens is 3. The number of carbonyl (C=O) groups excluding carboxylic acids is 2. The van der Waals surface area contributed by atoms with Gasteiger partial charge in [-0.05, 0) is 12.5 Å². The molecule has 6 nitrogen and oxygen atoms in total. The number of carbonyl (C=O) groups is 2. The number of hydrogen-bond donors (Lipinski definition) is 0. The van der Waals surface area contributed by atoms with E-state index in [1.165, 1.54) is 6.20 Å². The first-order valence-corrected chi connectivity index (χ1v) is 8.35. The quantitative estimate of drug-likeness (QED) is 0.822. The molecule has 2 amide bonds. The third-order valence-electron chi connectivity index (χ3n) is 4.61. The third-order valence-corrected chi connectivity index (χ3v) is 4.61. The molecule has 26 heavy (non-hydrogen) atoms. The zero-order valence-electron chi connectivity index (χ0n) is 14.3. The topological polar surface area (TPSA) is 56.8 Å². The summed E-state index contributed by atoms with van der Waals surface area (Å²) >= 11 is 0. The van der Waals surface area contributed by atoms with E-state index in [1.807, 2.05) is 6.92 Å². The minimum Gasteiger partial charge on any atom is -0.339 e. The summed E-state index contributed by atoms with van der Waals surface area (Å²) < 4.78 is 39.0. The number of pyridine rings is 1. The maximum atomic E-state index is 13.0. The molecule has 1 aromatic rings. The Hall–Kier alpha value is -2.58. The highest BCUT2D eigenvalue weighted by atomic mass is 19.4. The van der Waals surface area contributed by atoms with Crippen molar-refractivity contribution in [3.63, 3.8) is 0 Å². The number of amides is 2. The summed E-state index contributed by atoms with van der Waals surface area (Å²) in [4.78, 5) is 33.3. The van der Waals surface area contributed by atoms with Gasteiger partial charge in [0.25, 0.3) is 5.91 Å². The van der Waals surface area contributed by atoms with Crippen molar-refractivity contribution in [3.05, 3.63) is 30.6 Å². The van der Waals surface area contributed by atoms with Gasteiger partial charge >= 0.3 is 6.18 Å². The van der Waals surface area contributed by atoms with E-state index in [9.17, 15) is 22.8 Å². The summed E-state index contributed by atoms with van der Waals surface area (Å²) in [5, 5.41) is 0. The van der Waals surface area contributed by atoms with Crippen LogP contribution in [0.5, 0.6) is 0 Å². The molecule has 140 valence electrons. The van der Waals surface area contributed by atoms with Crippen LogP contribution in [0, 0.1) is 0 Å². The van der Waals surface area contributed by atoms with Crippen molar-refractivity contribution in [2.75, 3.05) is 29.4 Å². The average Bonchev–Trinajstić information content (AvgIpc) is 2.61. The summed E-state index contributed by atoms with van der Waals surface area (Å²) in [6.45, 7) is 6.37. The number of anilines is 2. The smallest absolute Gasteiger partial charge is 0.339 e. The molecule has 0 radical (unpaired) electrons. The number of hydrogen-bond acceptors (Lipinski definition) is 4. The first-order chi connectivity index (χ1) is 12.3. The van der Waals surface area contributed by atoms with Crippen molar-refractivity contribution in [1.29, 1.82) is 0 Å². The molecule has 0 bridgehead atoms. The van der Waals surface area contributed by atoms with Crippen molar-refractivity contribution in [1.82, 2.24) is 9.88 Å². The van der Waals surface area contributed by atoms with E-state index in [2.05, 4.69) is 11.6 Å². The van der Waals surface area contributed by atoms with E-state index >= 15 is 0 Å². The minimum absolute atomic E-state index is 0.0312. The molecule has 0 N–H and O–H groups in total. The number of nitrogens with zero attached hydrogens (tertiary/aromatic N) is 4. The Morgan fingerprint density at radius 2 is 2.15 bits per heavy atom. The van der Waals surface area contributed by atoms with E-state index in [0.717, 1.165) is 17.2 Å². The molecule has 1 saturated heterocycles. The minimum atomic E-state index is -4.56. The van der Waals surface area contributed by atoms with Crippen molar-refractivity contribution in [2.24, 2.45) is 0 Å². The summed E-state index contributed by atoms with van der Waals surface area (Å²) in [5.41, 5.74) is -0.865. The Morgan fingerprint density at radius 1 is 1.42 bits per heavy atom. The molecule has 0 saturated carbocycles. The highest BCUT2D eigenvalue weighted by Gasteiger charge is 2.43. The van der Waals surface area contributed by atoms with Crippen molar-refractivity contribution in [2.45, 2.75) is 32.0 Å². The number of rotatable bonds is 3. The second-order valence-electron chi connectivity index (χ2n) is 6.25. The lowest BCUT2D eigenvalue weighted by Crippen LogP contribution is -2.63. The number of fused-ring (bicyclic) bond motifs is 3. The number of piperazine rings is 1. The van der Waals surface area contributed by atoms with Crippen molar-refractivity contribution in [3.8, 4) is 0 Å². The van der Waals surface area contributed by atoms with Gasteiger partial charge in [-0.3, -0.25) is 14.5 Å². The normalized spacial score (nSPS) is 19.9.